The first-order chi connectivity index (χ1) is 17.2. The largest absolute Gasteiger partial charge is 0.496 e. The number of benzene rings is 3. The van der Waals surface area contributed by atoms with Crippen molar-refractivity contribution in [2.75, 3.05) is 19.5 Å². The van der Waals surface area contributed by atoms with Crippen LogP contribution in [0.5, 0.6) is 17.2 Å². The van der Waals surface area contributed by atoms with Crippen LogP contribution >= 0.6 is 22.6 Å². The number of amides is 1. The SMILES string of the molecule is COc1ccc(NC(=O)/C(C#N)=C/c2cc(I)c(OCc3ccc(F)cc3)c(OC)c2)c([N+](=O)[O-])c1. The number of nitriles is 1. The van der Waals surface area contributed by atoms with Gasteiger partial charge in [0.05, 0.1) is 28.8 Å². The molecule has 0 aliphatic carbocycles. The molecule has 36 heavy (non-hydrogen) atoms. The molecule has 3 aromatic rings. The zero-order valence-corrected chi connectivity index (χ0v) is 21.2. The predicted octanol–water partition coefficient (Wildman–Crippen LogP) is 5.48. The lowest BCUT2D eigenvalue weighted by Crippen LogP contribution is -2.14. The molecule has 0 aliphatic rings. The topological polar surface area (TPSA) is 124 Å². The van der Waals surface area contributed by atoms with E-state index in [-0.39, 0.29) is 35.1 Å². The summed E-state index contributed by atoms with van der Waals surface area (Å²) in [5, 5.41) is 23.3. The van der Waals surface area contributed by atoms with Crippen LogP contribution in [0.2, 0.25) is 0 Å². The van der Waals surface area contributed by atoms with Crippen molar-refractivity contribution in [2.45, 2.75) is 6.61 Å². The number of nitrogens with zero attached hydrogens (tertiary/aromatic N) is 2. The van der Waals surface area contributed by atoms with E-state index in [4.69, 9.17) is 14.2 Å². The van der Waals surface area contributed by atoms with Crippen LogP contribution in [0.1, 0.15) is 11.1 Å². The zero-order chi connectivity index (χ0) is 26.2. The predicted molar refractivity (Wildman–Crippen MR) is 138 cm³/mol. The lowest BCUT2D eigenvalue weighted by atomic mass is 10.1. The van der Waals surface area contributed by atoms with Crippen molar-refractivity contribution >= 4 is 45.9 Å². The Balaban J connectivity index is 1.84. The van der Waals surface area contributed by atoms with Gasteiger partial charge in [-0.05, 0) is 76.2 Å². The van der Waals surface area contributed by atoms with Crippen LogP contribution in [-0.4, -0.2) is 25.1 Å². The summed E-state index contributed by atoms with van der Waals surface area (Å²) in [7, 11) is 2.81. The fraction of sp³-hybridized carbons (Fsp3) is 0.120. The van der Waals surface area contributed by atoms with Gasteiger partial charge in [-0.1, -0.05) is 12.1 Å². The second-order valence-corrected chi connectivity index (χ2v) is 8.38. The summed E-state index contributed by atoms with van der Waals surface area (Å²) < 4.78 is 30.0. The number of carbonyl (C=O) groups is 1. The van der Waals surface area contributed by atoms with Gasteiger partial charge in [-0.25, -0.2) is 4.39 Å². The molecular formula is C25H19FIN3O6. The van der Waals surface area contributed by atoms with Crippen LogP contribution in [0.25, 0.3) is 6.08 Å². The molecule has 1 amide bonds. The third-order valence-electron chi connectivity index (χ3n) is 4.87. The highest BCUT2D eigenvalue weighted by molar-refractivity contribution is 14.1. The molecule has 3 rings (SSSR count). The average molecular weight is 603 g/mol. The summed E-state index contributed by atoms with van der Waals surface area (Å²) in [5.74, 6) is -0.119. The highest BCUT2D eigenvalue weighted by atomic mass is 127. The van der Waals surface area contributed by atoms with E-state index in [1.54, 1.807) is 24.3 Å². The first kappa shape index (κ1) is 26.4. The van der Waals surface area contributed by atoms with Crippen LogP contribution in [0, 0.1) is 30.8 Å². The Labute approximate surface area is 219 Å². The van der Waals surface area contributed by atoms with Crippen molar-refractivity contribution in [1.29, 1.82) is 5.26 Å². The second kappa shape index (κ2) is 12.0. The number of ether oxygens (including phenoxy) is 3. The standard InChI is InChI=1S/C25H19FIN3O6/c1-34-19-7-8-21(22(12-19)30(32)33)29-25(31)17(13-28)9-16-10-20(27)24(23(11-16)35-2)36-14-15-3-5-18(26)6-4-15/h3-12H,14H2,1-2H3,(H,29,31)/b17-9+. The summed E-state index contributed by atoms with van der Waals surface area (Å²) in [4.78, 5) is 23.4. The molecule has 0 saturated carbocycles. The highest BCUT2D eigenvalue weighted by Crippen LogP contribution is 2.35. The van der Waals surface area contributed by atoms with Crippen molar-refractivity contribution in [2.24, 2.45) is 0 Å². The third-order valence-corrected chi connectivity index (χ3v) is 5.68. The monoisotopic (exact) mass is 603 g/mol. The average Bonchev–Trinajstić information content (AvgIpc) is 2.87. The molecule has 0 unspecified atom stereocenters. The minimum atomic E-state index is -0.823. The van der Waals surface area contributed by atoms with Crippen molar-refractivity contribution < 1.29 is 28.3 Å². The van der Waals surface area contributed by atoms with Gasteiger partial charge in [-0.2, -0.15) is 5.26 Å². The molecule has 184 valence electrons. The molecule has 0 radical (unpaired) electrons. The van der Waals surface area contributed by atoms with E-state index in [0.29, 0.717) is 20.6 Å². The molecule has 0 aliphatic heterocycles. The van der Waals surface area contributed by atoms with E-state index in [1.807, 2.05) is 28.7 Å². The van der Waals surface area contributed by atoms with Gasteiger partial charge in [0.1, 0.15) is 35.5 Å². The molecule has 0 fully saturated rings. The lowest BCUT2D eigenvalue weighted by Gasteiger charge is -2.14. The minimum absolute atomic E-state index is 0.0800. The van der Waals surface area contributed by atoms with E-state index in [9.17, 15) is 24.6 Å². The molecular weight excluding hydrogens is 584 g/mol. The van der Waals surface area contributed by atoms with E-state index in [1.165, 1.54) is 50.6 Å². The molecule has 9 nitrogen and oxygen atoms in total. The Kier molecular flexibility index (Phi) is 8.80. The van der Waals surface area contributed by atoms with Gasteiger partial charge in [-0.3, -0.25) is 14.9 Å². The quantitative estimate of drug-likeness (QED) is 0.113. The number of anilines is 1. The number of rotatable bonds is 9. The maximum Gasteiger partial charge on any atom is 0.296 e. The number of carbonyl (C=O) groups excluding carboxylic acids is 1. The third kappa shape index (κ3) is 6.48. The molecule has 0 aromatic heterocycles. The number of halogens is 2. The molecule has 0 heterocycles. The van der Waals surface area contributed by atoms with Gasteiger partial charge in [-0.15, -0.1) is 0 Å². The van der Waals surface area contributed by atoms with E-state index >= 15 is 0 Å². The van der Waals surface area contributed by atoms with Gasteiger partial charge >= 0.3 is 0 Å². The van der Waals surface area contributed by atoms with Gasteiger partial charge < -0.3 is 19.5 Å². The van der Waals surface area contributed by atoms with Crippen molar-refractivity contribution in [3.05, 3.63) is 90.8 Å². The van der Waals surface area contributed by atoms with Crippen molar-refractivity contribution in [3.8, 4) is 23.3 Å². The summed E-state index contributed by atoms with van der Waals surface area (Å²) in [5.41, 5.74) is 0.496. The Morgan fingerprint density at radius 2 is 1.89 bits per heavy atom. The summed E-state index contributed by atoms with van der Waals surface area (Å²) in [6.45, 7) is 0.175. The fourth-order valence-corrected chi connectivity index (χ4v) is 3.88. The number of nitrogens with one attached hydrogen (secondary N) is 1. The normalized spacial score (nSPS) is 10.8. The zero-order valence-electron chi connectivity index (χ0n) is 19.1. The Morgan fingerprint density at radius 1 is 1.17 bits per heavy atom. The molecule has 0 spiro atoms. The number of nitro benzene ring substituents is 1. The summed E-state index contributed by atoms with van der Waals surface area (Å²) in [6, 6.07) is 14.9. The van der Waals surface area contributed by atoms with E-state index < -0.39 is 10.8 Å². The molecule has 1 N–H and O–H groups in total. The second-order valence-electron chi connectivity index (χ2n) is 7.21. The maximum atomic E-state index is 13.1. The van der Waals surface area contributed by atoms with Gasteiger partial charge in [0.25, 0.3) is 11.6 Å². The number of hydrogen-bond acceptors (Lipinski definition) is 7. The van der Waals surface area contributed by atoms with Gasteiger partial charge in [0.2, 0.25) is 0 Å². The maximum absolute atomic E-state index is 13.1. The Bertz CT molecular complexity index is 1370. The number of hydrogen-bond donors (Lipinski definition) is 1. The molecule has 0 saturated heterocycles. The van der Waals surface area contributed by atoms with Crippen LogP contribution in [0.3, 0.4) is 0 Å². The first-order valence-corrected chi connectivity index (χ1v) is 11.3. The molecule has 0 atom stereocenters. The van der Waals surface area contributed by atoms with Crippen LogP contribution in [0.4, 0.5) is 15.8 Å². The Morgan fingerprint density at radius 3 is 2.50 bits per heavy atom. The minimum Gasteiger partial charge on any atom is -0.496 e. The van der Waals surface area contributed by atoms with Crippen molar-refractivity contribution in [1.82, 2.24) is 0 Å². The van der Waals surface area contributed by atoms with Crippen LogP contribution in [0.15, 0.2) is 60.2 Å². The number of nitro groups is 1. The first-order valence-electron chi connectivity index (χ1n) is 10.3. The fourth-order valence-electron chi connectivity index (χ4n) is 3.10. The molecule has 11 heteroatoms. The number of methoxy groups -OCH3 is 2. The smallest absolute Gasteiger partial charge is 0.296 e. The summed E-state index contributed by atoms with van der Waals surface area (Å²) in [6.07, 6.45) is 1.33. The van der Waals surface area contributed by atoms with Crippen LogP contribution < -0.4 is 19.5 Å². The Hall–Kier alpha value is -4.18. The van der Waals surface area contributed by atoms with E-state index in [0.717, 1.165) is 5.56 Å². The van der Waals surface area contributed by atoms with Crippen molar-refractivity contribution in [3.63, 3.8) is 0 Å². The van der Waals surface area contributed by atoms with Gasteiger partial charge in [0.15, 0.2) is 11.5 Å². The van der Waals surface area contributed by atoms with E-state index in [2.05, 4.69) is 5.32 Å². The molecule has 0 bridgehead atoms. The molecule has 3 aromatic carbocycles. The highest BCUT2D eigenvalue weighted by Gasteiger charge is 2.20. The summed E-state index contributed by atoms with van der Waals surface area (Å²) >= 11 is 2.03. The van der Waals surface area contributed by atoms with Crippen LogP contribution in [-0.2, 0) is 11.4 Å². The van der Waals surface area contributed by atoms with Gasteiger partial charge in [0, 0.05) is 0 Å². The lowest BCUT2D eigenvalue weighted by molar-refractivity contribution is -0.384.